The Labute approximate surface area is 97.8 Å². The van der Waals surface area contributed by atoms with Crippen molar-refractivity contribution in [2.24, 2.45) is 11.3 Å². The Balaban J connectivity index is 2.35. The number of nitrogens with one attached hydrogen (secondary N) is 2. The molecule has 0 heterocycles. The van der Waals surface area contributed by atoms with Crippen molar-refractivity contribution >= 4 is 5.91 Å². The third-order valence-corrected chi connectivity index (χ3v) is 3.68. The van der Waals surface area contributed by atoms with Crippen molar-refractivity contribution in [3.8, 4) is 0 Å². The molecule has 16 heavy (non-hydrogen) atoms. The molecule has 0 aromatic heterocycles. The molecule has 0 spiro atoms. The molecule has 0 aromatic carbocycles. The van der Waals surface area contributed by atoms with Gasteiger partial charge in [-0.1, -0.05) is 27.7 Å². The Kier molecular flexibility index (Phi) is 4.33. The lowest BCUT2D eigenvalue weighted by atomic mass is 9.64. The lowest BCUT2D eigenvalue weighted by Gasteiger charge is -2.49. The number of hydrogen-bond donors (Lipinski definition) is 3. The molecule has 94 valence electrons. The van der Waals surface area contributed by atoms with E-state index in [0.29, 0.717) is 13.0 Å². The summed E-state index contributed by atoms with van der Waals surface area (Å²) in [7, 11) is 0. The minimum absolute atomic E-state index is 0.0199. The zero-order chi connectivity index (χ0) is 12.3. The average molecular weight is 228 g/mol. The number of carbonyl (C=O) groups is 1. The maximum Gasteiger partial charge on any atom is 0.224 e. The van der Waals surface area contributed by atoms with Crippen LogP contribution in [0.4, 0.5) is 0 Å². The van der Waals surface area contributed by atoms with E-state index in [0.717, 1.165) is 6.54 Å². The van der Waals surface area contributed by atoms with Gasteiger partial charge >= 0.3 is 0 Å². The normalized spacial score (nSPS) is 29.3. The number of hydrogen-bond acceptors (Lipinski definition) is 3. The molecule has 1 fully saturated rings. The van der Waals surface area contributed by atoms with Gasteiger partial charge in [-0.15, -0.1) is 0 Å². The zero-order valence-corrected chi connectivity index (χ0v) is 10.7. The highest BCUT2D eigenvalue weighted by molar-refractivity contribution is 5.79. The molecule has 3 unspecified atom stereocenters. The Hall–Kier alpha value is -0.610. The monoisotopic (exact) mass is 228 g/mol. The fourth-order valence-electron chi connectivity index (χ4n) is 1.91. The molecule has 0 saturated heterocycles. The van der Waals surface area contributed by atoms with Gasteiger partial charge in [0.15, 0.2) is 0 Å². The molecule has 0 radical (unpaired) electrons. The van der Waals surface area contributed by atoms with Gasteiger partial charge in [-0.25, -0.2) is 0 Å². The molecule has 1 aliphatic carbocycles. The summed E-state index contributed by atoms with van der Waals surface area (Å²) in [5, 5.41) is 15.7. The Morgan fingerprint density at radius 3 is 2.62 bits per heavy atom. The highest BCUT2D eigenvalue weighted by Crippen LogP contribution is 2.40. The van der Waals surface area contributed by atoms with Gasteiger partial charge in [-0.05, 0) is 13.0 Å². The number of aliphatic hydroxyl groups is 1. The van der Waals surface area contributed by atoms with E-state index in [1.54, 1.807) is 0 Å². The summed E-state index contributed by atoms with van der Waals surface area (Å²) in [6.45, 7) is 9.50. The van der Waals surface area contributed by atoms with Crippen molar-refractivity contribution < 1.29 is 9.90 Å². The molecule has 0 aromatic rings. The second kappa shape index (κ2) is 5.15. The maximum absolute atomic E-state index is 11.8. The van der Waals surface area contributed by atoms with Crippen LogP contribution >= 0.6 is 0 Å². The number of carbonyl (C=O) groups excluding carboxylic acids is 1. The van der Waals surface area contributed by atoms with Crippen molar-refractivity contribution in [3.05, 3.63) is 0 Å². The lowest BCUT2D eigenvalue weighted by Crippen LogP contribution is -2.62. The number of aliphatic hydroxyl groups excluding tert-OH is 1. The summed E-state index contributed by atoms with van der Waals surface area (Å²) in [5.74, 6) is 0.0550. The van der Waals surface area contributed by atoms with Gasteiger partial charge in [0.2, 0.25) is 5.91 Å². The van der Waals surface area contributed by atoms with Gasteiger partial charge in [-0.2, -0.15) is 0 Å². The molecule has 1 saturated carbocycles. The van der Waals surface area contributed by atoms with Crippen LogP contribution in [0, 0.1) is 11.3 Å². The van der Waals surface area contributed by atoms with Gasteiger partial charge < -0.3 is 15.7 Å². The largest absolute Gasteiger partial charge is 0.392 e. The number of rotatable bonds is 5. The van der Waals surface area contributed by atoms with Gasteiger partial charge in [0, 0.05) is 23.9 Å². The zero-order valence-electron chi connectivity index (χ0n) is 10.7. The van der Waals surface area contributed by atoms with E-state index < -0.39 is 0 Å². The van der Waals surface area contributed by atoms with Crippen LogP contribution in [0.15, 0.2) is 0 Å². The van der Waals surface area contributed by atoms with E-state index >= 15 is 0 Å². The van der Waals surface area contributed by atoms with Gasteiger partial charge in [0.05, 0.1) is 6.10 Å². The van der Waals surface area contributed by atoms with Crippen LogP contribution in [0.5, 0.6) is 0 Å². The summed E-state index contributed by atoms with van der Waals surface area (Å²) in [6, 6.07) is 0.110. The van der Waals surface area contributed by atoms with Crippen molar-refractivity contribution in [1.29, 1.82) is 0 Å². The second-order valence-electron chi connectivity index (χ2n) is 5.34. The molecule has 1 rings (SSSR count). The summed E-state index contributed by atoms with van der Waals surface area (Å²) in [6.07, 6.45) is 0.383. The fraction of sp³-hybridized carbons (Fsp3) is 0.917. The maximum atomic E-state index is 11.8. The molecule has 3 N–H and O–H groups in total. The first-order valence-electron chi connectivity index (χ1n) is 6.08. The Morgan fingerprint density at radius 1 is 1.56 bits per heavy atom. The van der Waals surface area contributed by atoms with E-state index in [4.69, 9.17) is 0 Å². The van der Waals surface area contributed by atoms with E-state index in [1.165, 1.54) is 0 Å². The standard InChI is InChI=1S/C12H24N2O2/c1-5-13-7-8(2)11(16)14-9-6-10(15)12(9,3)4/h8-10,13,15H,5-7H2,1-4H3,(H,14,16). The predicted molar refractivity (Wildman–Crippen MR) is 64.0 cm³/mol. The lowest BCUT2D eigenvalue weighted by molar-refractivity contribution is -0.132. The molecule has 0 aliphatic heterocycles. The molecule has 0 bridgehead atoms. The Morgan fingerprint density at radius 2 is 2.19 bits per heavy atom. The summed E-state index contributed by atoms with van der Waals surface area (Å²) in [5.41, 5.74) is -0.187. The van der Waals surface area contributed by atoms with E-state index in [2.05, 4.69) is 10.6 Å². The summed E-state index contributed by atoms with van der Waals surface area (Å²) >= 11 is 0. The van der Waals surface area contributed by atoms with Crippen molar-refractivity contribution in [2.75, 3.05) is 13.1 Å². The first kappa shape index (κ1) is 13.5. The van der Waals surface area contributed by atoms with Crippen molar-refractivity contribution in [2.45, 2.75) is 46.3 Å². The number of amides is 1. The van der Waals surface area contributed by atoms with Gasteiger partial charge in [0.1, 0.15) is 0 Å². The van der Waals surface area contributed by atoms with Crippen LogP contribution in [-0.4, -0.2) is 36.2 Å². The summed E-state index contributed by atoms with van der Waals surface area (Å²) < 4.78 is 0. The first-order chi connectivity index (χ1) is 7.39. The van der Waals surface area contributed by atoms with Crippen LogP contribution in [0.25, 0.3) is 0 Å². The van der Waals surface area contributed by atoms with Crippen LogP contribution in [0.1, 0.15) is 34.1 Å². The van der Waals surface area contributed by atoms with Crippen molar-refractivity contribution in [1.82, 2.24) is 10.6 Å². The van der Waals surface area contributed by atoms with Gasteiger partial charge in [0.25, 0.3) is 0 Å². The molecular weight excluding hydrogens is 204 g/mol. The van der Waals surface area contributed by atoms with Gasteiger partial charge in [-0.3, -0.25) is 4.79 Å². The fourth-order valence-corrected chi connectivity index (χ4v) is 1.91. The van der Waals surface area contributed by atoms with E-state index in [-0.39, 0.29) is 29.4 Å². The molecular formula is C12H24N2O2. The van der Waals surface area contributed by atoms with Crippen LogP contribution in [0.3, 0.4) is 0 Å². The quantitative estimate of drug-likeness (QED) is 0.642. The highest BCUT2D eigenvalue weighted by atomic mass is 16.3. The highest BCUT2D eigenvalue weighted by Gasteiger charge is 2.48. The van der Waals surface area contributed by atoms with E-state index in [1.807, 2.05) is 27.7 Å². The topological polar surface area (TPSA) is 61.4 Å². The van der Waals surface area contributed by atoms with Crippen molar-refractivity contribution in [3.63, 3.8) is 0 Å². The third-order valence-electron chi connectivity index (χ3n) is 3.68. The summed E-state index contributed by atoms with van der Waals surface area (Å²) in [4.78, 5) is 11.8. The first-order valence-corrected chi connectivity index (χ1v) is 6.08. The minimum Gasteiger partial charge on any atom is -0.392 e. The van der Waals surface area contributed by atoms with Crippen LogP contribution < -0.4 is 10.6 Å². The molecule has 1 aliphatic rings. The second-order valence-corrected chi connectivity index (χ2v) is 5.34. The molecule has 4 heteroatoms. The Bertz CT molecular complexity index is 253. The van der Waals surface area contributed by atoms with Crippen LogP contribution in [0.2, 0.25) is 0 Å². The molecule has 4 nitrogen and oxygen atoms in total. The predicted octanol–water partition coefficient (Wildman–Crippen LogP) is 0.508. The van der Waals surface area contributed by atoms with E-state index in [9.17, 15) is 9.90 Å². The third kappa shape index (κ3) is 2.74. The molecule has 3 atom stereocenters. The SMILES string of the molecule is CCNCC(C)C(=O)NC1CC(O)C1(C)C. The smallest absolute Gasteiger partial charge is 0.224 e. The average Bonchev–Trinajstić information content (AvgIpc) is 2.25. The van der Waals surface area contributed by atoms with Crippen LogP contribution in [-0.2, 0) is 4.79 Å². The minimum atomic E-state index is -0.290. The molecule has 1 amide bonds.